The van der Waals surface area contributed by atoms with Crippen molar-refractivity contribution in [1.82, 2.24) is 14.6 Å². The molecule has 1 atom stereocenters. The number of thioether (sulfide) groups is 1. The van der Waals surface area contributed by atoms with Crippen LogP contribution in [-0.4, -0.2) is 55.3 Å². The molecule has 1 aromatic heterocycles. The number of nitrogens with zero attached hydrogens (tertiary/aromatic N) is 2. The number of fused-ring (bicyclic) bond motifs is 1. The van der Waals surface area contributed by atoms with Gasteiger partial charge in [-0.15, -0.1) is 0 Å². The molecule has 2 aromatic carbocycles. The highest BCUT2D eigenvalue weighted by Crippen LogP contribution is 2.30. The van der Waals surface area contributed by atoms with Crippen molar-refractivity contribution in [2.75, 3.05) is 25.1 Å². The normalized spacial score (nSPS) is 16.2. The lowest BCUT2D eigenvalue weighted by atomic mass is 9.96. The molecule has 33 heavy (non-hydrogen) atoms. The fraction of sp³-hybridized carbons (Fsp3) is 0.417. The summed E-state index contributed by atoms with van der Waals surface area (Å²) >= 11 is 1.59. The predicted molar refractivity (Wildman–Crippen MR) is 131 cm³/mol. The van der Waals surface area contributed by atoms with Crippen LogP contribution in [0.15, 0.2) is 57.8 Å². The third-order valence-electron chi connectivity index (χ3n) is 6.00. The summed E-state index contributed by atoms with van der Waals surface area (Å²) < 4.78 is 34.4. The molecule has 4 rings (SSSR count). The lowest BCUT2D eigenvalue weighted by molar-refractivity contribution is -0.134. The first-order valence-electron chi connectivity index (χ1n) is 11.1. The van der Waals surface area contributed by atoms with Gasteiger partial charge in [0, 0.05) is 19.0 Å². The highest BCUT2D eigenvalue weighted by atomic mass is 32.2. The fourth-order valence-electron chi connectivity index (χ4n) is 4.07. The Morgan fingerprint density at radius 1 is 1.18 bits per heavy atom. The first-order valence-corrected chi connectivity index (χ1v) is 14.0. The smallest absolute Gasteiger partial charge is 0.241 e. The van der Waals surface area contributed by atoms with Gasteiger partial charge in [0.2, 0.25) is 15.9 Å². The molecule has 176 valence electrons. The molecule has 7 nitrogen and oxygen atoms in total. The van der Waals surface area contributed by atoms with Crippen molar-refractivity contribution in [3.63, 3.8) is 0 Å². The topological polar surface area (TPSA) is 92.5 Å². The van der Waals surface area contributed by atoms with Crippen molar-refractivity contribution in [2.45, 2.75) is 43.0 Å². The number of carbonyl (C=O) groups excluding carboxylic acids is 1. The minimum absolute atomic E-state index is 0.148. The van der Waals surface area contributed by atoms with Crippen LogP contribution in [-0.2, 0) is 14.8 Å². The summed E-state index contributed by atoms with van der Waals surface area (Å²) in [6.45, 7) is 2.99. The first-order chi connectivity index (χ1) is 15.9. The number of benzene rings is 2. The first kappa shape index (κ1) is 23.8. The molecule has 3 aromatic rings. The van der Waals surface area contributed by atoms with Crippen LogP contribution in [0.4, 0.5) is 0 Å². The minimum Gasteiger partial charge on any atom is -0.440 e. The summed E-state index contributed by atoms with van der Waals surface area (Å²) in [6.07, 6.45) is 3.86. The number of hydrogen-bond acceptors (Lipinski definition) is 6. The van der Waals surface area contributed by atoms with Crippen molar-refractivity contribution in [3.8, 4) is 0 Å². The number of likely N-dealkylation sites (tertiary alicyclic amines) is 1. The maximum absolute atomic E-state index is 13.3. The minimum atomic E-state index is -3.79. The molecular formula is C24H29N3O4S2. The molecule has 1 saturated heterocycles. The summed E-state index contributed by atoms with van der Waals surface area (Å²) in [4.78, 5) is 19.8. The third kappa shape index (κ3) is 5.59. The van der Waals surface area contributed by atoms with Crippen molar-refractivity contribution in [2.24, 2.45) is 0 Å². The third-order valence-corrected chi connectivity index (χ3v) is 8.14. The van der Waals surface area contributed by atoms with Gasteiger partial charge in [0.05, 0.1) is 4.90 Å². The molecule has 9 heteroatoms. The van der Waals surface area contributed by atoms with Gasteiger partial charge in [-0.1, -0.05) is 29.8 Å². The van der Waals surface area contributed by atoms with Crippen LogP contribution in [0, 0.1) is 6.92 Å². The Bertz CT molecular complexity index is 1170. The monoisotopic (exact) mass is 487 g/mol. The summed E-state index contributed by atoms with van der Waals surface area (Å²) in [5.74, 6) is 1.38. The van der Waals surface area contributed by atoms with E-state index in [1.54, 1.807) is 40.9 Å². The molecule has 0 saturated carbocycles. The van der Waals surface area contributed by atoms with E-state index in [0.29, 0.717) is 31.2 Å². The van der Waals surface area contributed by atoms with Gasteiger partial charge >= 0.3 is 0 Å². The Labute approximate surface area is 199 Å². The van der Waals surface area contributed by atoms with E-state index in [0.717, 1.165) is 29.5 Å². The molecule has 1 N–H and O–H groups in total. The zero-order valence-corrected chi connectivity index (χ0v) is 20.5. The quantitative estimate of drug-likeness (QED) is 0.517. The number of rotatable bonds is 8. The standard InChI is InChI=1S/C24H29N3O4S2/c1-17-7-9-19(10-8-17)33(29,30)26-21(13-16-32-2)24(28)27-14-11-18(12-15-27)23-25-20-5-3-4-6-22(20)31-23/h3-10,18,21,26H,11-16H2,1-2H3. The Morgan fingerprint density at radius 3 is 2.55 bits per heavy atom. The highest BCUT2D eigenvalue weighted by molar-refractivity contribution is 7.98. The number of aromatic nitrogens is 1. The molecule has 2 heterocycles. The lowest BCUT2D eigenvalue weighted by Gasteiger charge is -2.33. The Balaban J connectivity index is 1.43. The Hall–Kier alpha value is -2.36. The molecule has 1 amide bonds. The van der Waals surface area contributed by atoms with Crippen LogP contribution in [0.1, 0.15) is 36.6 Å². The van der Waals surface area contributed by atoms with Crippen molar-refractivity contribution in [3.05, 3.63) is 60.0 Å². The number of hydrogen-bond donors (Lipinski definition) is 1. The van der Waals surface area contributed by atoms with Crippen LogP contribution in [0.25, 0.3) is 11.1 Å². The highest BCUT2D eigenvalue weighted by Gasteiger charge is 2.32. The fourth-order valence-corrected chi connectivity index (χ4v) is 5.77. The van der Waals surface area contributed by atoms with E-state index in [1.165, 1.54) is 0 Å². The summed E-state index contributed by atoms with van der Waals surface area (Å²) in [6, 6.07) is 13.5. The molecular weight excluding hydrogens is 458 g/mol. The van der Waals surface area contributed by atoms with Crippen LogP contribution < -0.4 is 4.72 Å². The number of oxazole rings is 1. The van der Waals surface area contributed by atoms with Crippen molar-refractivity contribution >= 4 is 38.8 Å². The van der Waals surface area contributed by atoms with Gasteiger partial charge in [0.1, 0.15) is 11.6 Å². The SMILES string of the molecule is CSCCC(NS(=O)(=O)c1ccc(C)cc1)C(=O)N1CCC(c2nc3ccccc3o2)CC1. The van der Waals surface area contributed by atoms with Crippen LogP contribution in [0.5, 0.6) is 0 Å². The number of carbonyl (C=O) groups is 1. The second-order valence-electron chi connectivity index (χ2n) is 8.39. The van der Waals surface area contributed by atoms with E-state index >= 15 is 0 Å². The van der Waals surface area contributed by atoms with Gasteiger partial charge in [-0.05, 0) is 62.5 Å². The molecule has 0 spiro atoms. The van der Waals surface area contributed by atoms with Gasteiger partial charge in [0.15, 0.2) is 11.5 Å². The molecule has 0 bridgehead atoms. The second-order valence-corrected chi connectivity index (χ2v) is 11.1. The number of piperidine rings is 1. The van der Waals surface area contributed by atoms with Gasteiger partial charge in [-0.25, -0.2) is 13.4 Å². The zero-order valence-electron chi connectivity index (χ0n) is 18.9. The Morgan fingerprint density at radius 2 is 1.88 bits per heavy atom. The number of nitrogens with one attached hydrogen (secondary N) is 1. The van der Waals surface area contributed by atoms with E-state index in [9.17, 15) is 13.2 Å². The molecule has 0 radical (unpaired) electrons. The van der Waals surface area contributed by atoms with Crippen LogP contribution >= 0.6 is 11.8 Å². The number of amides is 1. The van der Waals surface area contributed by atoms with E-state index in [2.05, 4.69) is 9.71 Å². The van der Waals surface area contributed by atoms with Gasteiger partial charge < -0.3 is 9.32 Å². The summed E-state index contributed by atoms with van der Waals surface area (Å²) in [7, 11) is -3.79. The van der Waals surface area contributed by atoms with Crippen molar-refractivity contribution in [1.29, 1.82) is 0 Å². The average Bonchev–Trinajstić information content (AvgIpc) is 3.26. The van der Waals surface area contributed by atoms with Crippen LogP contribution in [0.2, 0.25) is 0 Å². The molecule has 1 aliphatic heterocycles. The molecule has 1 fully saturated rings. The average molecular weight is 488 g/mol. The molecule has 1 unspecified atom stereocenters. The molecule has 1 aliphatic rings. The number of aryl methyl sites for hydroxylation is 1. The van der Waals surface area contributed by atoms with E-state index in [-0.39, 0.29) is 16.7 Å². The molecule has 0 aliphatic carbocycles. The largest absolute Gasteiger partial charge is 0.440 e. The number of para-hydroxylation sites is 2. The lowest BCUT2D eigenvalue weighted by Crippen LogP contribution is -2.50. The summed E-state index contributed by atoms with van der Waals surface area (Å²) in [5, 5.41) is 0. The van der Waals surface area contributed by atoms with E-state index in [4.69, 9.17) is 4.42 Å². The maximum atomic E-state index is 13.3. The predicted octanol–water partition coefficient (Wildman–Crippen LogP) is 3.94. The second kappa shape index (κ2) is 10.3. The van der Waals surface area contributed by atoms with Crippen LogP contribution in [0.3, 0.4) is 0 Å². The zero-order chi connectivity index (χ0) is 23.4. The van der Waals surface area contributed by atoms with E-state index < -0.39 is 16.1 Å². The maximum Gasteiger partial charge on any atom is 0.241 e. The van der Waals surface area contributed by atoms with Crippen molar-refractivity contribution < 1.29 is 17.6 Å². The summed E-state index contributed by atoms with van der Waals surface area (Å²) in [5.41, 5.74) is 2.59. The number of sulfonamides is 1. The Kier molecular flexibility index (Phi) is 7.41. The van der Waals surface area contributed by atoms with Gasteiger partial charge in [-0.3, -0.25) is 4.79 Å². The van der Waals surface area contributed by atoms with Gasteiger partial charge in [0.25, 0.3) is 0 Å². The van der Waals surface area contributed by atoms with E-state index in [1.807, 2.05) is 37.4 Å². The van der Waals surface area contributed by atoms with Gasteiger partial charge in [-0.2, -0.15) is 16.5 Å².